The molecule has 3 rings (SSSR count). The third-order valence-corrected chi connectivity index (χ3v) is 6.08. The molecule has 0 bridgehead atoms. The summed E-state index contributed by atoms with van der Waals surface area (Å²) < 4.78 is 39.3. The fourth-order valence-electron chi connectivity index (χ4n) is 3.97. The first-order chi connectivity index (χ1) is 14.6. The second-order valence-electron chi connectivity index (χ2n) is 8.33. The molecule has 1 unspecified atom stereocenters. The predicted octanol–water partition coefficient (Wildman–Crippen LogP) is 4.35. The van der Waals surface area contributed by atoms with Crippen LogP contribution in [0.25, 0.3) is 0 Å². The number of carbonyl (C=O) groups is 1. The van der Waals surface area contributed by atoms with E-state index in [2.05, 4.69) is 10.3 Å². The number of halogens is 2. The topological polar surface area (TPSA) is 80.7 Å². The van der Waals surface area contributed by atoms with Crippen LogP contribution in [0.1, 0.15) is 57.4 Å². The van der Waals surface area contributed by atoms with Gasteiger partial charge in [-0.15, -0.1) is 0 Å². The Kier molecular flexibility index (Phi) is 6.62. The van der Waals surface area contributed by atoms with Crippen LogP contribution in [0.4, 0.5) is 14.5 Å². The van der Waals surface area contributed by atoms with E-state index in [0.29, 0.717) is 23.4 Å². The zero-order chi connectivity index (χ0) is 22.9. The summed E-state index contributed by atoms with van der Waals surface area (Å²) in [5, 5.41) is 12.6. The molecule has 1 aliphatic rings. The van der Waals surface area contributed by atoms with Crippen LogP contribution in [0.2, 0.25) is 0 Å². The van der Waals surface area contributed by atoms with E-state index in [1.54, 1.807) is 12.1 Å². The molecule has 1 amide bonds. The summed E-state index contributed by atoms with van der Waals surface area (Å²) in [4.78, 5) is 17.3. The number of pyridine rings is 1. The van der Waals surface area contributed by atoms with Crippen molar-refractivity contribution in [2.24, 2.45) is 5.92 Å². The molecule has 0 spiro atoms. The Morgan fingerprint density at radius 3 is 2.61 bits per heavy atom. The van der Waals surface area contributed by atoms with Gasteiger partial charge in [0.05, 0.1) is 36.4 Å². The van der Waals surface area contributed by atoms with Gasteiger partial charge < -0.3 is 19.9 Å². The fraction of sp³-hybridized carbons (Fsp3) is 0.478. The van der Waals surface area contributed by atoms with Crippen LogP contribution in [-0.2, 0) is 9.53 Å². The van der Waals surface area contributed by atoms with E-state index in [9.17, 15) is 18.7 Å². The number of amides is 1. The second kappa shape index (κ2) is 8.88. The molecule has 1 aromatic carbocycles. The highest BCUT2D eigenvalue weighted by Gasteiger charge is 2.51. The molecule has 1 fully saturated rings. The zero-order valence-electron chi connectivity index (χ0n) is 18.3. The molecule has 0 saturated carbocycles. The number of anilines is 1. The maximum atomic E-state index is 14.4. The quantitative estimate of drug-likeness (QED) is 0.707. The Morgan fingerprint density at radius 1 is 1.32 bits per heavy atom. The van der Waals surface area contributed by atoms with Gasteiger partial charge in [0.1, 0.15) is 6.10 Å². The number of hydrogen-bond donors (Lipinski definition) is 2. The molecule has 2 aromatic rings. The minimum Gasteiger partial charge on any atom is -0.493 e. The minimum atomic E-state index is -1.09. The van der Waals surface area contributed by atoms with Crippen LogP contribution >= 0.6 is 0 Å². The Bertz CT molecular complexity index is 949. The molecule has 4 atom stereocenters. The van der Waals surface area contributed by atoms with Crippen LogP contribution in [0, 0.1) is 17.6 Å². The molecular formula is C23H28F2N2O4. The molecule has 1 aliphatic heterocycles. The van der Waals surface area contributed by atoms with Crippen molar-refractivity contribution in [3.8, 4) is 5.75 Å². The first-order valence-electron chi connectivity index (χ1n) is 10.2. The van der Waals surface area contributed by atoms with Crippen LogP contribution in [0.15, 0.2) is 30.5 Å². The summed E-state index contributed by atoms with van der Waals surface area (Å²) in [6, 6.07) is 5.76. The van der Waals surface area contributed by atoms with Crippen molar-refractivity contribution < 1.29 is 28.2 Å². The molecular weight excluding hydrogens is 406 g/mol. The lowest BCUT2D eigenvalue weighted by Crippen LogP contribution is -2.33. The van der Waals surface area contributed by atoms with Gasteiger partial charge in [-0.1, -0.05) is 19.9 Å². The Hall–Kier alpha value is -2.58. The standard InChI is InChI=1S/C23H28F2N2O4/c1-6-17(28)16-10-7-13(11-26-16)27-22(29)21-18(12(2)23(3,4)31-21)14-8-9-15(24)19(25)20(14)30-5/h7-12,17-18,21,28H,6H2,1-5H3,(H,27,29)/t12-,17?,18-,21+/m0/s1. The van der Waals surface area contributed by atoms with Crippen molar-refractivity contribution in [3.63, 3.8) is 0 Å². The number of rotatable bonds is 6. The maximum absolute atomic E-state index is 14.4. The van der Waals surface area contributed by atoms with E-state index in [-0.39, 0.29) is 11.7 Å². The lowest BCUT2D eigenvalue weighted by atomic mass is 9.78. The van der Waals surface area contributed by atoms with Gasteiger partial charge in [0.15, 0.2) is 11.6 Å². The second-order valence-corrected chi connectivity index (χ2v) is 8.33. The predicted molar refractivity (Wildman–Crippen MR) is 112 cm³/mol. The number of nitrogens with one attached hydrogen (secondary N) is 1. The average Bonchev–Trinajstić information content (AvgIpc) is 2.99. The molecule has 31 heavy (non-hydrogen) atoms. The van der Waals surface area contributed by atoms with Crippen molar-refractivity contribution in [1.82, 2.24) is 4.98 Å². The number of nitrogens with zero attached hydrogens (tertiary/aromatic N) is 1. The van der Waals surface area contributed by atoms with Gasteiger partial charge in [0.25, 0.3) is 5.91 Å². The first-order valence-corrected chi connectivity index (χ1v) is 10.2. The van der Waals surface area contributed by atoms with Gasteiger partial charge >= 0.3 is 0 Å². The van der Waals surface area contributed by atoms with Crippen molar-refractivity contribution in [2.75, 3.05) is 12.4 Å². The molecule has 0 aliphatic carbocycles. The fourth-order valence-corrected chi connectivity index (χ4v) is 3.97. The van der Waals surface area contributed by atoms with Gasteiger partial charge in [-0.2, -0.15) is 4.39 Å². The molecule has 2 N–H and O–H groups in total. The van der Waals surface area contributed by atoms with E-state index < -0.39 is 41.3 Å². The number of methoxy groups -OCH3 is 1. The molecule has 1 aromatic heterocycles. The van der Waals surface area contributed by atoms with Gasteiger partial charge in [-0.25, -0.2) is 4.39 Å². The van der Waals surface area contributed by atoms with E-state index >= 15 is 0 Å². The van der Waals surface area contributed by atoms with Crippen molar-refractivity contribution in [2.45, 2.75) is 57.8 Å². The van der Waals surface area contributed by atoms with Gasteiger partial charge in [0, 0.05) is 11.5 Å². The summed E-state index contributed by atoms with van der Waals surface area (Å²) in [6.07, 6.45) is 0.363. The Morgan fingerprint density at radius 2 is 2.03 bits per heavy atom. The van der Waals surface area contributed by atoms with Gasteiger partial charge in [-0.05, 0) is 44.4 Å². The number of aliphatic hydroxyl groups excluding tert-OH is 1. The zero-order valence-corrected chi connectivity index (χ0v) is 18.3. The lowest BCUT2D eigenvalue weighted by molar-refractivity contribution is -0.131. The van der Waals surface area contributed by atoms with Crippen molar-refractivity contribution in [1.29, 1.82) is 0 Å². The van der Waals surface area contributed by atoms with E-state index in [1.807, 2.05) is 27.7 Å². The summed E-state index contributed by atoms with van der Waals surface area (Å²) in [6.45, 7) is 7.45. The summed E-state index contributed by atoms with van der Waals surface area (Å²) in [7, 11) is 1.26. The monoisotopic (exact) mass is 434 g/mol. The first kappa shape index (κ1) is 23.1. The van der Waals surface area contributed by atoms with Crippen molar-refractivity contribution >= 4 is 11.6 Å². The number of hydrogen-bond acceptors (Lipinski definition) is 5. The molecule has 2 heterocycles. The third-order valence-electron chi connectivity index (χ3n) is 6.08. The normalized spacial score (nSPS) is 23.4. The van der Waals surface area contributed by atoms with Crippen LogP contribution < -0.4 is 10.1 Å². The van der Waals surface area contributed by atoms with Gasteiger partial charge in [0.2, 0.25) is 5.82 Å². The van der Waals surface area contributed by atoms with Gasteiger partial charge in [-0.3, -0.25) is 9.78 Å². The average molecular weight is 434 g/mol. The van der Waals surface area contributed by atoms with E-state index in [0.717, 1.165) is 6.07 Å². The smallest absolute Gasteiger partial charge is 0.254 e. The number of carbonyl (C=O) groups excluding carboxylic acids is 1. The summed E-state index contributed by atoms with van der Waals surface area (Å²) in [5.41, 5.74) is 0.639. The highest BCUT2D eigenvalue weighted by Crippen LogP contribution is 2.49. The van der Waals surface area contributed by atoms with E-state index in [1.165, 1.54) is 19.4 Å². The van der Waals surface area contributed by atoms with E-state index in [4.69, 9.17) is 9.47 Å². The number of aliphatic hydroxyl groups is 1. The number of ether oxygens (including phenoxy) is 2. The lowest BCUT2D eigenvalue weighted by Gasteiger charge is -2.25. The SMILES string of the molecule is CCC(O)c1ccc(NC(=O)[C@@H]2OC(C)(C)[C@@H](C)[C@H]2c2ccc(F)c(F)c2OC)cn1. The highest BCUT2D eigenvalue weighted by atomic mass is 19.2. The maximum Gasteiger partial charge on any atom is 0.254 e. The summed E-state index contributed by atoms with van der Waals surface area (Å²) in [5.74, 6) is -3.52. The third kappa shape index (κ3) is 4.41. The molecule has 6 nitrogen and oxygen atoms in total. The highest BCUT2D eigenvalue weighted by molar-refractivity contribution is 5.95. The number of benzene rings is 1. The van der Waals surface area contributed by atoms with Crippen LogP contribution in [-0.4, -0.2) is 34.8 Å². The Labute approximate surface area is 180 Å². The summed E-state index contributed by atoms with van der Waals surface area (Å²) >= 11 is 0. The largest absolute Gasteiger partial charge is 0.493 e. The molecule has 1 saturated heterocycles. The molecule has 168 valence electrons. The van der Waals surface area contributed by atoms with Crippen LogP contribution in [0.3, 0.4) is 0 Å². The molecule has 8 heteroatoms. The Balaban J connectivity index is 1.91. The van der Waals surface area contributed by atoms with Crippen molar-refractivity contribution in [3.05, 3.63) is 53.4 Å². The number of aromatic nitrogens is 1. The minimum absolute atomic E-state index is 0.192. The molecule has 0 radical (unpaired) electrons. The van der Waals surface area contributed by atoms with Crippen LogP contribution in [0.5, 0.6) is 5.75 Å².